The monoisotopic (exact) mass is 281 g/mol. The van der Waals surface area contributed by atoms with E-state index in [4.69, 9.17) is 0 Å². The number of nitrogens with zero attached hydrogens (tertiary/aromatic N) is 1. The second-order valence-corrected chi connectivity index (χ2v) is 6.45. The van der Waals surface area contributed by atoms with Gasteiger partial charge in [0.15, 0.2) is 5.78 Å². The predicted octanol–water partition coefficient (Wildman–Crippen LogP) is 4.23. The summed E-state index contributed by atoms with van der Waals surface area (Å²) in [4.78, 5) is 13.3. The Kier molecular flexibility index (Phi) is 2.57. The Bertz CT molecular complexity index is 785. The van der Waals surface area contributed by atoms with E-state index in [9.17, 15) is 4.79 Å². The van der Waals surface area contributed by atoms with Crippen molar-refractivity contribution in [1.82, 2.24) is 4.57 Å². The van der Waals surface area contributed by atoms with Crippen LogP contribution < -0.4 is 0 Å². The number of carbonyl (C=O) groups is 1. The Morgan fingerprint density at radius 3 is 2.90 bits per heavy atom. The smallest absolute Gasteiger partial charge is 0.176 e. The average molecular weight is 281 g/mol. The highest BCUT2D eigenvalue weighted by Crippen LogP contribution is 2.51. The van der Waals surface area contributed by atoms with E-state index in [0.717, 1.165) is 11.3 Å². The van der Waals surface area contributed by atoms with Crippen LogP contribution in [0.25, 0.3) is 10.9 Å². The molecule has 1 saturated carbocycles. The molecule has 0 saturated heterocycles. The second kappa shape index (κ2) is 4.32. The lowest BCUT2D eigenvalue weighted by molar-refractivity contribution is 0.0969. The summed E-state index contributed by atoms with van der Waals surface area (Å²) >= 11 is 1.55. The van der Waals surface area contributed by atoms with Gasteiger partial charge in [0.25, 0.3) is 0 Å². The minimum Gasteiger partial charge on any atom is -0.350 e. The molecule has 0 amide bonds. The fraction of sp³-hybridized carbons (Fsp3) is 0.235. The standard InChI is InChI=1S/C17H15NOS/c1-18-10-14(11-5-2-3-6-15(11)18)12-9-13(12)17(19)16-7-4-8-20-16/h2-8,10,12-13H,9H2,1H3/t12-,13-/m0/s1. The maximum Gasteiger partial charge on any atom is 0.176 e. The maximum absolute atomic E-state index is 12.4. The molecule has 3 aromatic rings. The minimum absolute atomic E-state index is 0.180. The van der Waals surface area contributed by atoms with Gasteiger partial charge in [0, 0.05) is 30.1 Å². The van der Waals surface area contributed by atoms with Crippen molar-refractivity contribution < 1.29 is 4.79 Å². The van der Waals surface area contributed by atoms with E-state index in [1.54, 1.807) is 11.3 Å². The van der Waals surface area contributed by atoms with E-state index >= 15 is 0 Å². The third kappa shape index (κ3) is 1.74. The first kappa shape index (κ1) is 11.9. The molecule has 2 atom stereocenters. The lowest BCUT2D eigenvalue weighted by Gasteiger charge is -1.97. The molecule has 20 heavy (non-hydrogen) atoms. The molecule has 1 aliphatic carbocycles. The largest absolute Gasteiger partial charge is 0.350 e. The highest BCUT2D eigenvalue weighted by Gasteiger charge is 2.45. The van der Waals surface area contributed by atoms with Gasteiger partial charge >= 0.3 is 0 Å². The number of rotatable bonds is 3. The van der Waals surface area contributed by atoms with Gasteiger partial charge in [0.1, 0.15) is 0 Å². The van der Waals surface area contributed by atoms with Gasteiger partial charge in [-0.1, -0.05) is 24.3 Å². The van der Waals surface area contributed by atoms with Gasteiger partial charge in [-0.15, -0.1) is 11.3 Å². The number of thiophene rings is 1. The number of benzene rings is 1. The topological polar surface area (TPSA) is 22.0 Å². The summed E-state index contributed by atoms with van der Waals surface area (Å²) in [5.74, 6) is 0.896. The molecule has 1 aliphatic rings. The normalized spacial score (nSPS) is 21.2. The second-order valence-electron chi connectivity index (χ2n) is 5.50. The quantitative estimate of drug-likeness (QED) is 0.659. The molecule has 0 spiro atoms. The molecule has 1 fully saturated rings. The van der Waals surface area contributed by atoms with Gasteiger partial charge in [0.05, 0.1) is 4.88 Å². The van der Waals surface area contributed by atoms with Crippen molar-refractivity contribution in [2.24, 2.45) is 13.0 Å². The third-order valence-electron chi connectivity index (χ3n) is 4.22. The third-order valence-corrected chi connectivity index (χ3v) is 5.10. The molecular formula is C17H15NOS. The number of aryl methyl sites for hydroxylation is 1. The molecular weight excluding hydrogens is 266 g/mol. The van der Waals surface area contributed by atoms with Crippen molar-refractivity contribution in [3.8, 4) is 0 Å². The van der Waals surface area contributed by atoms with E-state index in [1.165, 1.54) is 16.5 Å². The molecule has 100 valence electrons. The number of aromatic nitrogens is 1. The molecule has 0 N–H and O–H groups in total. The van der Waals surface area contributed by atoms with Crippen LogP contribution in [-0.4, -0.2) is 10.4 Å². The SMILES string of the molecule is Cn1cc([C@H]2C[C@@H]2C(=O)c2cccs2)c2ccccc21. The summed E-state index contributed by atoms with van der Waals surface area (Å²) in [6, 6.07) is 12.3. The Balaban J connectivity index is 1.68. The van der Waals surface area contributed by atoms with E-state index in [0.29, 0.717) is 11.7 Å². The first-order chi connectivity index (χ1) is 9.75. The Morgan fingerprint density at radius 1 is 1.25 bits per heavy atom. The van der Waals surface area contributed by atoms with Crippen molar-refractivity contribution in [3.63, 3.8) is 0 Å². The zero-order valence-corrected chi connectivity index (χ0v) is 12.1. The zero-order chi connectivity index (χ0) is 13.7. The number of Topliss-reactive ketones (excluding diaryl/α,β-unsaturated/α-hetero) is 1. The van der Waals surface area contributed by atoms with E-state index in [-0.39, 0.29) is 5.92 Å². The highest BCUT2D eigenvalue weighted by atomic mass is 32.1. The molecule has 0 aliphatic heterocycles. The lowest BCUT2D eigenvalue weighted by atomic mass is 10.1. The number of fused-ring (bicyclic) bond motifs is 1. The van der Waals surface area contributed by atoms with Crippen LogP contribution in [-0.2, 0) is 7.05 Å². The number of hydrogen-bond acceptors (Lipinski definition) is 2. The minimum atomic E-state index is 0.180. The van der Waals surface area contributed by atoms with Crippen molar-refractivity contribution in [3.05, 3.63) is 58.4 Å². The maximum atomic E-state index is 12.4. The molecule has 0 radical (unpaired) electrons. The number of hydrogen-bond donors (Lipinski definition) is 0. The van der Waals surface area contributed by atoms with E-state index < -0.39 is 0 Å². The van der Waals surface area contributed by atoms with Crippen LogP contribution in [0.2, 0.25) is 0 Å². The van der Waals surface area contributed by atoms with Gasteiger partial charge < -0.3 is 4.57 Å². The summed E-state index contributed by atoms with van der Waals surface area (Å²) < 4.78 is 2.16. The Morgan fingerprint density at radius 2 is 2.10 bits per heavy atom. The van der Waals surface area contributed by atoms with Gasteiger partial charge in [-0.3, -0.25) is 4.79 Å². The van der Waals surface area contributed by atoms with Crippen molar-refractivity contribution in [1.29, 1.82) is 0 Å². The first-order valence-corrected chi connectivity index (χ1v) is 7.75. The zero-order valence-electron chi connectivity index (χ0n) is 11.2. The van der Waals surface area contributed by atoms with Crippen LogP contribution in [0.1, 0.15) is 27.6 Å². The predicted molar refractivity (Wildman–Crippen MR) is 82.4 cm³/mol. The number of para-hydroxylation sites is 1. The van der Waals surface area contributed by atoms with Crippen LogP contribution >= 0.6 is 11.3 Å². The molecule has 2 heterocycles. The summed E-state index contributed by atoms with van der Waals surface area (Å²) in [5.41, 5.74) is 2.58. The summed E-state index contributed by atoms with van der Waals surface area (Å²) in [6.07, 6.45) is 3.18. The van der Waals surface area contributed by atoms with Gasteiger partial charge in [-0.05, 0) is 35.4 Å². The number of carbonyl (C=O) groups excluding carboxylic acids is 1. The van der Waals surface area contributed by atoms with Gasteiger partial charge in [0.2, 0.25) is 0 Å². The highest BCUT2D eigenvalue weighted by molar-refractivity contribution is 7.12. The summed E-state index contributed by atoms with van der Waals surface area (Å²) in [6.45, 7) is 0. The van der Waals surface area contributed by atoms with Crippen LogP contribution in [0.5, 0.6) is 0 Å². The van der Waals surface area contributed by atoms with E-state index in [2.05, 4.69) is 42.1 Å². The molecule has 4 rings (SSSR count). The number of ketones is 1. The van der Waals surface area contributed by atoms with Crippen LogP contribution in [0.15, 0.2) is 48.0 Å². The molecule has 3 heteroatoms. The molecule has 0 bridgehead atoms. The van der Waals surface area contributed by atoms with Gasteiger partial charge in [-0.25, -0.2) is 0 Å². The van der Waals surface area contributed by atoms with E-state index in [1.807, 2.05) is 17.5 Å². The van der Waals surface area contributed by atoms with Crippen molar-refractivity contribution in [2.75, 3.05) is 0 Å². The van der Waals surface area contributed by atoms with Crippen molar-refractivity contribution >= 4 is 28.0 Å². The Labute approximate surface area is 121 Å². The summed E-state index contributed by atoms with van der Waals surface area (Å²) in [7, 11) is 2.07. The first-order valence-electron chi connectivity index (χ1n) is 6.87. The van der Waals surface area contributed by atoms with Crippen molar-refractivity contribution in [2.45, 2.75) is 12.3 Å². The molecule has 2 aromatic heterocycles. The molecule has 1 aromatic carbocycles. The Hall–Kier alpha value is -1.87. The van der Waals surface area contributed by atoms with Gasteiger partial charge in [-0.2, -0.15) is 0 Å². The fourth-order valence-electron chi connectivity index (χ4n) is 3.10. The molecule has 0 unspecified atom stereocenters. The lowest BCUT2D eigenvalue weighted by Crippen LogP contribution is -2.00. The summed E-state index contributed by atoms with van der Waals surface area (Å²) in [5, 5.41) is 3.27. The van der Waals surface area contributed by atoms with Crippen LogP contribution in [0.3, 0.4) is 0 Å². The molecule has 2 nitrogen and oxygen atoms in total. The average Bonchev–Trinajstić information content (AvgIpc) is 2.93. The van der Waals surface area contributed by atoms with Crippen LogP contribution in [0, 0.1) is 5.92 Å². The fourth-order valence-corrected chi connectivity index (χ4v) is 3.83. The van der Waals surface area contributed by atoms with Crippen LogP contribution in [0.4, 0.5) is 0 Å².